The number of hydrogen-bond acceptors (Lipinski definition) is 6. The van der Waals surface area contributed by atoms with Crippen LogP contribution in [0.25, 0.3) is 16.8 Å². The van der Waals surface area contributed by atoms with Crippen LogP contribution in [-0.4, -0.2) is 44.9 Å². The van der Waals surface area contributed by atoms with E-state index in [9.17, 15) is 0 Å². The summed E-state index contributed by atoms with van der Waals surface area (Å²) >= 11 is 0. The van der Waals surface area contributed by atoms with Crippen LogP contribution in [0.1, 0.15) is 49.1 Å². The van der Waals surface area contributed by atoms with Gasteiger partial charge in [-0.2, -0.15) is 5.10 Å². The van der Waals surface area contributed by atoms with E-state index in [0.29, 0.717) is 37.8 Å². The third-order valence-electron chi connectivity index (χ3n) is 7.27. The van der Waals surface area contributed by atoms with Crippen molar-refractivity contribution in [3.05, 3.63) is 89.2 Å². The first-order valence-electron chi connectivity index (χ1n) is 12.9. The number of nitrogens with two attached hydrogens (primary N) is 1. The normalized spacial score (nSPS) is 21.6. The third kappa shape index (κ3) is 4.91. The van der Waals surface area contributed by atoms with Crippen LogP contribution >= 0.6 is 0 Å². The summed E-state index contributed by atoms with van der Waals surface area (Å²) < 4.78 is 42.9. The van der Waals surface area contributed by atoms with Crippen LogP contribution in [-0.2, 0) is 11.2 Å². The zero-order valence-electron chi connectivity index (χ0n) is 21.1. The third-order valence-corrected chi connectivity index (χ3v) is 7.27. The average molecular weight is 518 g/mol. The summed E-state index contributed by atoms with van der Waals surface area (Å²) in [6, 6.07) is 7.83. The van der Waals surface area contributed by atoms with E-state index in [1.165, 1.54) is 23.3 Å². The summed E-state index contributed by atoms with van der Waals surface area (Å²) in [6.07, 6.45) is 10.3. The molecule has 1 aliphatic heterocycles. The van der Waals surface area contributed by atoms with E-state index in [1.54, 1.807) is 29.0 Å². The van der Waals surface area contributed by atoms with E-state index >= 15 is 8.78 Å². The van der Waals surface area contributed by atoms with Gasteiger partial charge in [0.1, 0.15) is 29.3 Å². The zero-order valence-corrected chi connectivity index (χ0v) is 21.1. The minimum Gasteiger partial charge on any atom is -0.488 e. The lowest BCUT2D eigenvalue weighted by Crippen LogP contribution is -2.25. The lowest BCUT2D eigenvalue weighted by molar-refractivity contribution is 0.141. The molecular weight excluding hydrogens is 488 g/mol. The molecule has 38 heavy (non-hydrogen) atoms. The Kier molecular flexibility index (Phi) is 6.63. The number of halogens is 2. The van der Waals surface area contributed by atoms with Gasteiger partial charge in [0.25, 0.3) is 0 Å². The molecule has 196 valence electrons. The zero-order chi connectivity index (χ0) is 26.2. The SMILES string of the molecule is CC1=C[C@H](N)C[C@H](c2ccncc2Cc2ncc3ccc(-c4c(F)cc(OC5CCOC5)cc4F)nn23)C1. The van der Waals surface area contributed by atoms with Gasteiger partial charge in [0.2, 0.25) is 0 Å². The Labute approximate surface area is 219 Å². The second kappa shape index (κ2) is 10.2. The molecule has 1 aromatic carbocycles. The second-order valence-corrected chi connectivity index (χ2v) is 10.2. The number of rotatable bonds is 6. The van der Waals surface area contributed by atoms with Gasteiger partial charge in [-0.3, -0.25) is 4.98 Å². The molecule has 6 rings (SSSR count). The fourth-order valence-electron chi connectivity index (χ4n) is 5.54. The molecule has 2 aliphatic rings. The molecule has 1 saturated heterocycles. The fourth-order valence-corrected chi connectivity index (χ4v) is 5.54. The maximum atomic E-state index is 15.1. The van der Waals surface area contributed by atoms with Crippen LogP contribution in [0.15, 0.2) is 60.6 Å². The smallest absolute Gasteiger partial charge is 0.139 e. The summed E-state index contributed by atoms with van der Waals surface area (Å²) in [6.45, 7) is 3.10. The van der Waals surface area contributed by atoms with Gasteiger partial charge in [0.15, 0.2) is 0 Å². The van der Waals surface area contributed by atoms with Crippen LogP contribution in [0, 0.1) is 11.6 Å². The van der Waals surface area contributed by atoms with Crippen molar-refractivity contribution in [2.75, 3.05) is 13.2 Å². The maximum Gasteiger partial charge on any atom is 0.139 e. The lowest BCUT2D eigenvalue weighted by Gasteiger charge is -2.27. The topological polar surface area (TPSA) is 87.6 Å². The molecule has 0 bridgehead atoms. The van der Waals surface area contributed by atoms with E-state index in [0.717, 1.165) is 23.9 Å². The molecule has 4 heterocycles. The van der Waals surface area contributed by atoms with Crippen LogP contribution < -0.4 is 10.5 Å². The number of ether oxygens (including phenoxy) is 2. The molecule has 9 heteroatoms. The van der Waals surface area contributed by atoms with Gasteiger partial charge in [0.05, 0.1) is 36.2 Å². The molecule has 0 spiro atoms. The van der Waals surface area contributed by atoms with Crippen molar-refractivity contribution in [2.24, 2.45) is 5.73 Å². The van der Waals surface area contributed by atoms with Gasteiger partial charge in [-0.25, -0.2) is 18.3 Å². The Morgan fingerprint density at radius 1 is 1.16 bits per heavy atom. The Hall–Kier alpha value is -3.69. The van der Waals surface area contributed by atoms with Gasteiger partial charge in [-0.05, 0) is 55.0 Å². The molecule has 1 fully saturated rings. The van der Waals surface area contributed by atoms with Crippen LogP contribution in [0.4, 0.5) is 8.78 Å². The van der Waals surface area contributed by atoms with Gasteiger partial charge in [-0.1, -0.05) is 11.6 Å². The second-order valence-electron chi connectivity index (χ2n) is 10.2. The van der Waals surface area contributed by atoms with Crippen molar-refractivity contribution in [3.63, 3.8) is 0 Å². The number of fused-ring (bicyclic) bond motifs is 1. The van der Waals surface area contributed by atoms with Crippen molar-refractivity contribution in [3.8, 4) is 17.0 Å². The summed E-state index contributed by atoms with van der Waals surface area (Å²) in [4.78, 5) is 8.92. The molecule has 3 aromatic heterocycles. The van der Waals surface area contributed by atoms with Crippen molar-refractivity contribution in [1.82, 2.24) is 19.6 Å². The molecule has 2 N–H and O–H groups in total. The molecule has 4 aromatic rings. The largest absolute Gasteiger partial charge is 0.488 e. The minimum absolute atomic E-state index is 0.0272. The van der Waals surface area contributed by atoms with Crippen molar-refractivity contribution >= 4 is 5.52 Å². The van der Waals surface area contributed by atoms with Crippen LogP contribution in [0.2, 0.25) is 0 Å². The van der Waals surface area contributed by atoms with Gasteiger partial charge in [0, 0.05) is 43.4 Å². The molecular formula is C29H29F2N5O2. The minimum atomic E-state index is -0.737. The maximum absolute atomic E-state index is 15.1. The first-order valence-corrected chi connectivity index (χ1v) is 12.9. The molecule has 3 atom stereocenters. The predicted molar refractivity (Wildman–Crippen MR) is 139 cm³/mol. The number of pyridine rings is 1. The van der Waals surface area contributed by atoms with Gasteiger partial charge < -0.3 is 15.2 Å². The highest BCUT2D eigenvalue weighted by molar-refractivity contribution is 5.64. The molecule has 7 nitrogen and oxygen atoms in total. The fraction of sp³-hybridized carbons (Fsp3) is 0.345. The Bertz CT molecular complexity index is 1490. The van der Waals surface area contributed by atoms with E-state index < -0.39 is 11.6 Å². The van der Waals surface area contributed by atoms with E-state index in [4.69, 9.17) is 15.2 Å². The van der Waals surface area contributed by atoms with Crippen LogP contribution in [0.5, 0.6) is 5.75 Å². The van der Waals surface area contributed by atoms with Crippen molar-refractivity contribution < 1.29 is 18.3 Å². The highest BCUT2D eigenvalue weighted by Gasteiger charge is 2.24. The number of hydrogen-bond donors (Lipinski definition) is 1. The Balaban J connectivity index is 1.31. The lowest BCUT2D eigenvalue weighted by atomic mass is 9.80. The van der Waals surface area contributed by atoms with E-state index in [2.05, 4.69) is 28.1 Å². The molecule has 1 aliphatic carbocycles. The van der Waals surface area contributed by atoms with E-state index in [-0.39, 0.29) is 29.2 Å². The first-order chi connectivity index (χ1) is 18.4. The van der Waals surface area contributed by atoms with Gasteiger partial charge >= 0.3 is 0 Å². The summed E-state index contributed by atoms with van der Waals surface area (Å²) in [7, 11) is 0. The first kappa shape index (κ1) is 24.6. The summed E-state index contributed by atoms with van der Waals surface area (Å²) in [5.41, 5.74) is 10.5. The summed E-state index contributed by atoms with van der Waals surface area (Å²) in [5, 5.41) is 4.59. The number of aromatic nitrogens is 4. The predicted octanol–water partition coefficient (Wildman–Crippen LogP) is 4.98. The summed E-state index contributed by atoms with van der Waals surface area (Å²) in [5.74, 6) is -0.383. The highest BCUT2D eigenvalue weighted by Crippen LogP contribution is 2.35. The standard InChI is InChI=1S/C29H29F2N5O2/c1-17-8-18(10-20(32)9-17)24-4-6-33-14-19(24)11-28-34-15-21-2-3-27(35-36(21)28)29-25(30)12-23(13-26(29)31)38-22-5-7-37-16-22/h2-4,6,9,12-15,18,20,22H,5,7-8,10-11,16,32H2,1H3/t18-,20+,22?/m1/s1. The molecule has 1 unspecified atom stereocenters. The molecule has 0 radical (unpaired) electrons. The van der Waals surface area contributed by atoms with Crippen molar-refractivity contribution in [1.29, 1.82) is 0 Å². The number of imidazole rings is 1. The monoisotopic (exact) mass is 517 g/mol. The average Bonchev–Trinajstić information content (AvgIpc) is 3.53. The van der Waals surface area contributed by atoms with Crippen LogP contribution in [0.3, 0.4) is 0 Å². The quantitative estimate of drug-likeness (QED) is 0.363. The van der Waals surface area contributed by atoms with Gasteiger partial charge in [-0.15, -0.1) is 0 Å². The number of nitrogens with zero attached hydrogens (tertiary/aromatic N) is 4. The Morgan fingerprint density at radius 2 is 2.00 bits per heavy atom. The van der Waals surface area contributed by atoms with Crippen molar-refractivity contribution in [2.45, 2.75) is 50.7 Å². The Morgan fingerprint density at radius 3 is 2.76 bits per heavy atom. The molecule has 0 saturated carbocycles. The molecule has 0 amide bonds. The number of allylic oxidation sites excluding steroid dienone is 1. The highest BCUT2D eigenvalue weighted by atomic mass is 19.1. The van der Waals surface area contributed by atoms with E-state index in [1.807, 2.05) is 12.3 Å². The number of benzene rings is 1.